The molecule has 13 nitrogen and oxygen atoms in total. The van der Waals surface area contributed by atoms with Crippen molar-refractivity contribution in [3.05, 3.63) is 72.2 Å². The van der Waals surface area contributed by atoms with Crippen molar-refractivity contribution in [3.63, 3.8) is 0 Å². The molecule has 2 unspecified atom stereocenters. The number of benzene rings is 1. The van der Waals surface area contributed by atoms with E-state index in [0.717, 1.165) is 5.56 Å². The van der Waals surface area contributed by atoms with E-state index in [-0.39, 0.29) is 24.0 Å². The lowest BCUT2D eigenvalue weighted by atomic mass is 9.95. The molecule has 260 valence electrons. The number of hydrogen-bond acceptors (Lipinski definition) is 8. The first kappa shape index (κ1) is 37.5. The minimum absolute atomic E-state index is 0.198. The number of imidazole rings is 1. The molecule has 13 heteroatoms. The highest BCUT2D eigenvalue weighted by Gasteiger charge is 2.40. The second kappa shape index (κ2) is 16.2. The van der Waals surface area contributed by atoms with Crippen LogP contribution in [0.4, 0.5) is 10.6 Å². The highest BCUT2D eigenvalue weighted by Crippen LogP contribution is 2.30. The molecule has 1 fully saturated rings. The third kappa shape index (κ3) is 10.0. The number of anilines is 1. The Morgan fingerprint density at radius 2 is 1.81 bits per heavy atom. The number of ether oxygens (including phenoxy) is 2. The molecule has 1 aliphatic heterocycles. The van der Waals surface area contributed by atoms with Crippen LogP contribution in [0.15, 0.2) is 60.8 Å². The number of carbonyl (C=O) groups is 5. The molecule has 0 saturated carbocycles. The van der Waals surface area contributed by atoms with Gasteiger partial charge in [0, 0.05) is 6.54 Å². The largest absolute Gasteiger partial charge is 0.467 e. The molecular formula is C35H48N6O7. The average molecular weight is 665 g/mol. The summed E-state index contributed by atoms with van der Waals surface area (Å²) in [6, 6.07) is 7.80. The first-order valence-corrected chi connectivity index (χ1v) is 16.0. The molecule has 1 saturated heterocycles. The van der Waals surface area contributed by atoms with E-state index in [9.17, 15) is 24.0 Å². The predicted molar refractivity (Wildman–Crippen MR) is 181 cm³/mol. The fourth-order valence-electron chi connectivity index (χ4n) is 5.34. The number of aromatic nitrogens is 2. The Kier molecular flexibility index (Phi) is 12.7. The lowest BCUT2D eigenvalue weighted by molar-refractivity contribution is -0.151. The maximum atomic E-state index is 13.9. The van der Waals surface area contributed by atoms with Crippen LogP contribution in [-0.4, -0.2) is 81.5 Å². The van der Waals surface area contributed by atoms with Crippen molar-refractivity contribution in [2.24, 2.45) is 0 Å². The summed E-state index contributed by atoms with van der Waals surface area (Å²) in [6.07, 6.45) is 5.77. The quantitative estimate of drug-likeness (QED) is 0.183. The van der Waals surface area contributed by atoms with Gasteiger partial charge in [0.15, 0.2) is 0 Å². The van der Waals surface area contributed by atoms with E-state index in [4.69, 9.17) is 9.47 Å². The van der Waals surface area contributed by atoms with Crippen LogP contribution in [0.1, 0.15) is 78.1 Å². The number of carbonyl (C=O) groups excluding carboxylic acids is 5. The fourth-order valence-corrected chi connectivity index (χ4v) is 5.34. The van der Waals surface area contributed by atoms with Crippen molar-refractivity contribution in [3.8, 4) is 0 Å². The molecule has 1 aromatic heterocycles. The van der Waals surface area contributed by atoms with E-state index in [2.05, 4.69) is 32.5 Å². The number of alkyl carbamates (subject to hydrolysis) is 1. The molecule has 0 aliphatic carbocycles. The molecule has 1 aromatic carbocycles. The summed E-state index contributed by atoms with van der Waals surface area (Å²) in [7, 11) is 1.29. The normalized spacial score (nSPS) is 16.4. The smallest absolute Gasteiger partial charge is 0.408 e. The van der Waals surface area contributed by atoms with Gasteiger partial charge in [-0.15, -0.1) is 0 Å². The Labute approximate surface area is 281 Å². The van der Waals surface area contributed by atoms with Crippen LogP contribution in [0, 0.1) is 0 Å². The number of allylic oxidation sites excluding steroid dienone is 2. The lowest BCUT2D eigenvalue weighted by Gasteiger charge is -2.29. The zero-order valence-electron chi connectivity index (χ0n) is 28.8. The van der Waals surface area contributed by atoms with E-state index < -0.39 is 53.0 Å². The van der Waals surface area contributed by atoms with Gasteiger partial charge in [0.2, 0.25) is 17.7 Å². The van der Waals surface area contributed by atoms with Crippen molar-refractivity contribution in [1.29, 1.82) is 0 Å². The summed E-state index contributed by atoms with van der Waals surface area (Å²) < 4.78 is 10.2. The number of nitrogens with one attached hydrogen (secondary N) is 4. The Balaban J connectivity index is 1.83. The summed E-state index contributed by atoms with van der Waals surface area (Å²) in [4.78, 5) is 74.7. The Morgan fingerprint density at radius 3 is 2.42 bits per heavy atom. The van der Waals surface area contributed by atoms with E-state index in [1.54, 1.807) is 39.8 Å². The molecule has 4 amide bonds. The molecule has 0 radical (unpaired) electrons. The summed E-state index contributed by atoms with van der Waals surface area (Å²) in [6.45, 7) is 14.2. The number of aryl methyl sites for hydroxylation is 1. The molecule has 2 heterocycles. The molecule has 4 N–H and O–H groups in total. The Morgan fingerprint density at radius 1 is 1.12 bits per heavy atom. The molecule has 48 heavy (non-hydrogen) atoms. The topological polar surface area (TPSA) is 172 Å². The minimum atomic E-state index is -1.41. The number of rotatable bonds is 13. The number of H-pyrrole nitrogens is 1. The Bertz CT molecular complexity index is 1510. The number of esters is 1. The first-order chi connectivity index (χ1) is 22.6. The van der Waals surface area contributed by atoms with Crippen LogP contribution in [0.5, 0.6) is 0 Å². The van der Waals surface area contributed by atoms with Crippen molar-refractivity contribution in [2.75, 3.05) is 19.0 Å². The molecule has 3 atom stereocenters. The molecule has 0 spiro atoms. The number of aromatic amines is 1. The zero-order valence-corrected chi connectivity index (χ0v) is 28.8. The van der Waals surface area contributed by atoms with Gasteiger partial charge in [-0.3, -0.25) is 14.4 Å². The zero-order chi connectivity index (χ0) is 35.6. The second-order valence-electron chi connectivity index (χ2n) is 13.1. The van der Waals surface area contributed by atoms with Crippen LogP contribution in [0.25, 0.3) is 0 Å². The predicted octanol–water partition coefficient (Wildman–Crippen LogP) is 4.15. The third-order valence-electron chi connectivity index (χ3n) is 7.85. The van der Waals surface area contributed by atoms with Gasteiger partial charge in [-0.25, -0.2) is 14.6 Å². The van der Waals surface area contributed by atoms with Crippen molar-refractivity contribution >= 4 is 35.6 Å². The van der Waals surface area contributed by atoms with Gasteiger partial charge in [-0.1, -0.05) is 49.1 Å². The molecule has 1 aliphatic rings. The van der Waals surface area contributed by atoms with Crippen LogP contribution < -0.4 is 16.0 Å². The average Bonchev–Trinajstić information content (AvgIpc) is 3.70. The van der Waals surface area contributed by atoms with Crippen LogP contribution in [-0.2, 0) is 35.1 Å². The van der Waals surface area contributed by atoms with Crippen LogP contribution in [0.2, 0.25) is 0 Å². The molecule has 3 rings (SSSR count). The summed E-state index contributed by atoms with van der Waals surface area (Å²) in [5, 5.41) is 8.12. The van der Waals surface area contributed by atoms with Gasteiger partial charge in [0.1, 0.15) is 40.8 Å². The van der Waals surface area contributed by atoms with Crippen LogP contribution >= 0.6 is 0 Å². The maximum absolute atomic E-state index is 13.9. The maximum Gasteiger partial charge on any atom is 0.408 e. The van der Waals surface area contributed by atoms with Crippen molar-refractivity contribution < 1.29 is 33.4 Å². The number of likely N-dealkylation sites (tertiary alicyclic amines) is 1. The molecular weight excluding hydrogens is 616 g/mol. The van der Waals surface area contributed by atoms with E-state index in [1.165, 1.54) is 32.1 Å². The second-order valence-corrected chi connectivity index (χ2v) is 13.1. The SMILES string of the molecule is C=CC(=CC)C(C(=O)N1CCCC1C(=O)OC)c1ncc(NC(=O)[C@@H](CCc2ccccc2)NC(=O)C(C)(C)NC(=O)OC(C)(C)C)[nH]1. The first-order valence-electron chi connectivity index (χ1n) is 16.0. The monoisotopic (exact) mass is 664 g/mol. The lowest BCUT2D eigenvalue weighted by Crippen LogP contribution is -2.59. The number of methoxy groups -OCH3 is 1. The Hall–Kier alpha value is -4.94. The minimum Gasteiger partial charge on any atom is -0.467 e. The van der Waals surface area contributed by atoms with Gasteiger partial charge in [-0.2, -0.15) is 0 Å². The highest BCUT2D eigenvalue weighted by atomic mass is 16.6. The fraction of sp³-hybridized carbons (Fsp3) is 0.486. The van der Waals surface area contributed by atoms with Gasteiger partial charge in [0.25, 0.3) is 0 Å². The van der Waals surface area contributed by atoms with Crippen LogP contribution in [0.3, 0.4) is 0 Å². The van der Waals surface area contributed by atoms with Crippen molar-refractivity contribution in [2.45, 2.75) is 96.4 Å². The summed E-state index contributed by atoms with van der Waals surface area (Å²) in [5.41, 5.74) is -0.641. The van der Waals surface area contributed by atoms with E-state index in [1.807, 2.05) is 30.3 Å². The number of nitrogens with zero attached hydrogens (tertiary/aromatic N) is 2. The van der Waals surface area contributed by atoms with Gasteiger partial charge in [0.05, 0.1) is 13.3 Å². The third-order valence-corrected chi connectivity index (χ3v) is 7.85. The van der Waals surface area contributed by atoms with Gasteiger partial charge < -0.3 is 35.3 Å². The standard InChI is InChI=1S/C35H48N6O7/c1-9-23(10-2)27(30(43)41-20-14-17-25(41)31(44)47-8)28-36-21-26(38-28)39-29(42)24(19-18-22-15-12-11-13-16-22)37-32(45)35(6,7)40-33(46)48-34(3,4)5/h9-13,15-16,21,24-25,27H,1,14,17-20H2,2-8H3,(H,36,38)(H,37,45)(H,39,42)(H,40,46)/t24-,25?,27?/m1/s1. The van der Waals surface area contributed by atoms with Gasteiger partial charge >= 0.3 is 12.1 Å². The molecule has 0 bridgehead atoms. The summed E-state index contributed by atoms with van der Waals surface area (Å²) >= 11 is 0. The molecule has 2 aromatic rings. The van der Waals surface area contributed by atoms with E-state index >= 15 is 0 Å². The van der Waals surface area contributed by atoms with Crippen molar-refractivity contribution in [1.82, 2.24) is 25.5 Å². The summed E-state index contributed by atoms with van der Waals surface area (Å²) in [5.74, 6) is -2.44. The highest BCUT2D eigenvalue weighted by molar-refractivity contribution is 5.99. The van der Waals surface area contributed by atoms with E-state index in [0.29, 0.717) is 31.4 Å². The number of amides is 4. The number of hydrogen-bond donors (Lipinski definition) is 4. The van der Waals surface area contributed by atoms with Gasteiger partial charge in [-0.05, 0) is 78.4 Å².